The molecule has 1 unspecified atom stereocenters. The predicted molar refractivity (Wildman–Crippen MR) is 78.5 cm³/mol. The predicted octanol–water partition coefficient (Wildman–Crippen LogP) is 3.69. The summed E-state index contributed by atoms with van der Waals surface area (Å²) >= 11 is 3.94. The lowest BCUT2D eigenvalue weighted by Crippen LogP contribution is -2.32. The maximum atomic E-state index is 5.42. The van der Waals surface area contributed by atoms with Gasteiger partial charge in [0.05, 0.1) is 4.21 Å². The zero-order valence-electron chi connectivity index (χ0n) is 10.9. The molecular formula is C14H21NOS2. The molecule has 1 aromatic rings. The number of ether oxygens (including phenoxy) is 1. The average molecular weight is 283 g/mol. The van der Waals surface area contributed by atoms with Crippen LogP contribution in [0.15, 0.2) is 15.7 Å². The van der Waals surface area contributed by atoms with Crippen molar-refractivity contribution < 1.29 is 4.74 Å². The fourth-order valence-electron chi connectivity index (χ4n) is 2.80. The number of hydrogen-bond donors (Lipinski definition) is 1. The van der Waals surface area contributed by atoms with Crippen molar-refractivity contribution in [2.45, 2.75) is 41.7 Å². The minimum Gasteiger partial charge on any atom is -0.381 e. The van der Waals surface area contributed by atoms with Crippen LogP contribution < -0.4 is 5.32 Å². The molecule has 1 N–H and O–H groups in total. The van der Waals surface area contributed by atoms with Crippen molar-refractivity contribution in [3.63, 3.8) is 0 Å². The van der Waals surface area contributed by atoms with Crippen LogP contribution in [0.3, 0.4) is 0 Å². The van der Waals surface area contributed by atoms with E-state index in [2.05, 4.69) is 23.7 Å². The number of fused-ring (bicyclic) bond motifs is 1. The zero-order valence-corrected chi connectivity index (χ0v) is 12.5. The van der Waals surface area contributed by atoms with Crippen molar-refractivity contribution >= 4 is 23.1 Å². The van der Waals surface area contributed by atoms with E-state index >= 15 is 0 Å². The first-order chi connectivity index (χ1) is 8.83. The molecule has 100 valence electrons. The molecule has 0 amide bonds. The van der Waals surface area contributed by atoms with Gasteiger partial charge in [0.2, 0.25) is 0 Å². The molecule has 2 atom stereocenters. The normalized spacial score (nSPS) is 29.2. The Bertz CT molecular complexity index is 387. The molecule has 0 saturated carbocycles. The Morgan fingerprint density at radius 1 is 1.39 bits per heavy atom. The van der Waals surface area contributed by atoms with Crippen molar-refractivity contribution in [2.24, 2.45) is 5.92 Å². The molecule has 2 aliphatic heterocycles. The van der Waals surface area contributed by atoms with E-state index in [4.69, 9.17) is 4.74 Å². The summed E-state index contributed by atoms with van der Waals surface area (Å²) in [4.78, 5) is 0. The molecule has 0 spiro atoms. The van der Waals surface area contributed by atoms with Gasteiger partial charge < -0.3 is 10.1 Å². The summed E-state index contributed by atoms with van der Waals surface area (Å²) in [5.41, 5.74) is 1.54. The van der Waals surface area contributed by atoms with Gasteiger partial charge >= 0.3 is 0 Å². The topological polar surface area (TPSA) is 21.3 Å². The van der Waals surface area contributed by atoms with Crippen molar-refractivity contribution in [1.82, 2.24) is 5.32 Å². The molecule has 3 rings (SSSR count). The van der Waals surface area contributed by atoms with Crippen LogP contribution >= 0.6 is 23.1 Å². The first kappa shape index (κ1) is 13.0. The summed E-state index contributed by atoms with van der Waals surface area (Å²) in [5.74, 6) is 0.811. The molecular weight excluding hydrogens is 262 g/mol. The quantitative estimate of drug-likeness (QED) is 0.914. The van der Waals surface area contributed by atoms with Gasteiger partial charge in [0.25, 0.3) is 0 Å². The molecule has 0 aromatic carbocycles. The van der Waals surface area contributed by atoms with E-state index in [1.165, 1.54) is 29.0 Å². The molecule has 0 aliphatic carbocycles. The minimum atomic E-state index is 0.574. The first-order valence-electron chi connectivity index (χ1n) is 6.88. The second kappa shape index (κ2) is 5.95. The Labute approximate surface area is 117 Å². The van der Waals surface area contributed by atoms with Gasteiger partial charge in [-0.05, 0) is 48.7 Å². The van der Waals surface area contributed by atoms with E-state index in [9.17, 15) is 0 Å². The third kappa shape index (κ3) is 2.93. The second-order valence-corrected chi connectivity index (χ2v) is 7.97. The molecule has 2 aliphatic rings. The highest BCUT2D eigenvalue weighted by Crippen LogP contribution is 2.43. The van der Waals surface area contributed by atoms with Crippen molar-refractivity contribution in [3.8, 4) is 0 Å². The second-order valence-electron chi connectivity index (χ2n) is 5.34. The van der Waals surface area contributed by atoms with Crippen LogP contribution in [0.25, 0.3) is 0 Å². The summed E-state index contributed by atoms with van der Waals surface area (Å²) in [6.45, 7) is 5.40. The molecule has 1 fully saturated rings. The SMILES string of the molecule is C[C@H]1CC(NCC2CCOCC2)c2ccsc2S1. The number of hydrogen-bond acceptors (Lipinski definition) is 4. The van der Waals surface area contributed by atoms with Gasteiger partial charge in [0, 0.05) is 24.5 Å². The van der Waals surface area contributed by atoms with E-state index in [0.29, 0.717) is 6.04 Å². The fraction of sp³-hybridized carbons (Fsp3) is 0.714. The molecule has 0 radical (unpaired) electrons. The highest BCUT2D eigenvalue weighted by atomic mass is 32.2. The van der Waals surface area contributed by atoms with Crippen LogP contribution in [0, 0.1) is 5.92 Å². The highest BCUT2D eigenvalue weighted by molar-refractivity contribution is 8.01. The first-order valence-corrected chi connectivity index (χ1v) is 8.64. The van der Waals surface area contributed by atoms with Gasteiger partial charge in [-0.1, -0.05) is 6.92 Å². The Kier molecular flexibility index (Phi) is 4.29. The molecule has 3 heterocycles. The smallest absolute Gasteiger partial charge is 0.0649 e. The molecule has 1 aromatic heterocycles. The van der Waals surface area contributed by atoms with Crippen molar-refractivity contribution in [2.75, 3.05) is 19.8 Å². The summed E-state index contributed by atoms with van der Waals surface area (Å²) in [7, 11) is 0. The molecule has 1 saturated heterocycles. The zero-order chi connectivity index (χ0) is 12.4. The molecule has 2 nitrogen and oxygen atoms in total. The van der Waals surface area contributed by atoms with Crippen LogP contribution in [0.1, 0.15) is 37.8 Å². The van der Waals surface area contributed by atoms with Crippen molar-refractivity contribution in [3.05, 3.63) is 17.0 Å². The number of thioether (sulfide) groups is 1. The summed E-state index contributed by atoms with van der Waals surface area (Å²) in [6.07, 6.45) is 3.71. The van der Waals surface area contributed by atoms with Crippen LogP contribution in [-0.4, -0.2) is 25.0 Å². The average Bonchev–Trinajstić information content (AvgIpc) is 2.85. The van der Waals surface area contributed by atoms with Crippen LogP contribution in [-0.2, 0) is 4.74 Å². The van der Waals surface area contributed by atoms with Gasteiger partial charge in [0.1, 0.15) is 0 Å². The lowest BCUT2D eigenvalue weighted by molar-refractivity contribution is 0.0653. The van der Waals surface area contributed by atoms with Gasteiger partial charge in [-0.25, -0.2) is 0 Å². The third-order valence-corrected chi connectivity index (χ3v) is 6.25. The number of rotatable bonds is 3. The summed E-state index contributed by atoms with van der Waals surface area (Å²) in [6, 6.07) is 2.88. The van der Waals surface area contributed by atoms with E-state index in [-0.39, 0.29) is 0 Å². The summed E-state index contributed by atoms with van der Waals surface area (Å²) in [5, 5.41) is 6.78. The van der Waals surface area contributed by atoms with E-state index in [1.54, 1.807) is 0 Å². The maximum absolute atomic E-state index is 5.42. The van der Waals surface area contributed by atoms with Gasteiger partial charge in [-0.3, -0.25) is 0 Å². The lowest BCUT2D eigenvalue weighted by atomic mass is 9.98. The standard InChI is InChI=1S/C14H21NOS2/c1-10-8-13(12-4-7-17-14(12)18-10)15-9-11-2-5-16-6-3-11/h4,7,10-11,13,15H,2-3,5-6,8-9H2,1H3/t10-,13?/m0/s1. The Hall–Kier alpha value is -0.0300. The molecule has 4 heteroatoms. The highest BCUT2D eigenvalue weighted by Gasteiger charge is 2.26. The largest absolute Gasteiger partial charge is 0.381 e. The monoisotopic (exact) mass is 283 g/mol. The van der Waals surface area contributed by atoms with E-state index in [1.807, 2.05) is 23.1 Å². The Balaban J connectivity index is 1.59. The number of nitrogens with one attached hydrogen (secondary N) is 1. The Morgan fingerprint density at radius 2 is 2.22 bits per heavy atom. The fourth-order valence-corrected chi connectivity index (χ4v) is 5.37. The van der Waals surface area contributed by atoms with Gasteiger partial charge in [-0.2, -0.15) is 0 Å². The lowest BCUT2D eigenvalue weighted by Gasteiger charge is -2.30. The minimum absolute atomic E-state index is 0.574. The Morgan fingerprint density at radius 3 is 3.06 bits per heavy atom. The van der Waals surface area contributed by atoms with Crippen LogP contribution in [0.2, 0.25) is 0 Å². The maximum Gasteiger partial charge on any atom is 0.0649 e. The third-order valence-electron chi connectivity index (χ3n) is 3.90. The number of thiophene rings is 1. The van der Waals surface area contributed by atoms with Crippen LogP contribution in [0.5, 0.6) is 0 Å². The summed E-state index contributed by atoms with van der Waals surface area (Å²) < 4.78 is 6.95. The van der Waals surface area contributed by atoms with Gasteiger partial charge in [-0.15, -0.1) is 23.1 Å². The van der Waals surface area contributed by atoms with E-state index in [0.717, 1.165) is 30.9 Å². The molecule has 0 bridgehead atoms. The van der Waals surface area contributed by atoms with Crippen LogP contribution in [0.4, 0.5) is 0 Å². The van der Waals surface area contributed by atoms with Crippen molar-refractivity contribution in [1.29, 1.82) is 0 Å². The molecule has 18 heavy (non-hydrogen) atoms. The van der Waals surface area contributed by atoms with Gasteiger partial charge in [0.15, 0.2) is 0 Å². The van der Waals surface area contributed by atoms with E-state index < -0.39 is 0 Å².